The van der Waals surface area contributed by atoms with Crippen molar-refractivity contribution in [1.29, 1.82) is 0 Å². The van der Waals surface area contributed by atoms with E-state index in [4.69, 9.17) is 14.2 Å². The fraction of sp³-hybridized carbons (Fsp3) is 0.263. The molecule has 0 radical (unpaired) electrons. The Morgan fingerprint density at radius 1 is 1.11 bits per heavy atom. The van der Waals surface area contributed by atoms with Crippen LogP contribution in [0.5, 0.6) is 11.5 Å². The summed E-state index contributed by atoms with van der Waals surface area (Å²) in [4.78, 5) is 34.2. The molecule has 0 aliphatic carbocycles. The zero-order valence-electron chi connectivity index (χ0n) is 15.6. The van der Waals surface area contributed by atoms with Gasteiger partial charge in [0.2, 0.25) is 0 Å². The van der Waals surface area contributed by atoms with Crippen LogP contribution in [-0.4, -0.2) is 36.6 Å². The van der Waals surface area contributed by atoms with Gasteiger partial charge in [-0.15, -0.1) is 0 Å². The molecular weight excluding hydrogens is 368 g/mol. The van der Waals surface area contributed by atoms with Gasteiger partial charge in [-0.1, -0.05) is 0 Å². The number of anilines is 1. The van der Waals surface area contributed by atoms with Crippen LogP contribution in [0, 0.1) is 10.1 Å². The summed E-state index contributed by atoms with van der Waals surface area (Å²) in [5, 5.41) is 13.5. The Kier molecular flexibility index (Phi) is 6.91. The molecule has 1 amide bonds. The molecule has 0 spiro atoms. The number of hydrogen-bond donors (Lipinski definition) is 1. The predicted molar refractivity (Wildman–Crippen MR) is 101 cm³/mol. The number of benzene rings is 2. The molecule has 28 heavy (non-hydrogen) atoms. The number of non-ortho nitro benzene ring substituents is 1. The summed E-state index contributed by atoms with van der Waals surface area (Å²) in [6.45, 7) is 3.13. The van der Waals surface area contributed by atoms with Gasteiger partial charge >= 0.3 is 5.97 Å². The maximum atomic E-state index is 12.1. The number of methoxy groups -OCH3 is 1. The number of nitro benzene ring substituents is 1. The van der Waals surface area contributed by atoms with Crippen LogP contribution in [-0.2, 0) is 9.53 Å². The number of carbonyl (C=O) groups excluding carboxylic acids is 2. The Morgan fingerprint density at radius 3 is 2.36 bits per heavy atom. The average Bonchev–Trinajstić information content (AvgIpc) is 2.66. The van der Waals surface area contributed by atoms with Gasteiger partial charge in [-0.2, -0.15) is 0 Å². The summed E-state index contributed by atoms with van der Waals surface area (Å²) < 4.78 is 15.5. The molecule has 0 aliphatic heterocycles. The third-order valence-electron chi connectivity index (χ3n) is 3.46. The quantitative estimate of drug-likeness (QED) is 0.419. The molecular formula is C19H20N2O7. The van der Waals surface area contributed by atoms with Crippen molar-refractivity contribution in [2.45, 2.75) is 20.0 Å². The van der Waals surface area contributed by atoms with Crippen LogP contribution in [0.2, 0.25) is 0 Å². The molecule has 2 rings (SSSR count). The van der Waals surface area contributed by atoms with Crippen LogP contribution < -0.4 is 14.8 Å². The molecule has 148 valence electrons. The topological polar surface area (TPSA) is 117 Å². The summed E-state index contributed by atoms with van der Waals surface area (Å²) in [5.74, 6) is -0.579. The number of esters is 1. The van der Waals surface area contributed by atoms with Gasteiger partial charge in [0, 0.05) is 11.8 Å². The molecule has 0 saturated carbocycles. The molecule has 0 saturated heterocycles. The van der Waals surface area contributed by atoms with E-state index in [1.807, 2.05) is 0 Å². The number of ether oxygens (including phenoxy) is 3. The van der Waals surface area contributed by atoms with E-state index in [2.05, 4.69) is 5.32 Å². The van der Waals surface area contributed by atoms with Gasteiger partial charge in [0.1, 0.15) is 0 Å². The highest BCUT2D eigenvalue weighted by atomic mass is 16.6. The minimum atomic E-state index is -0.571. The van der Waals surface area contributed by atoms with Crippen LogP contribution in [0.25, 0.3) is 0 Å². The Morgan fingerprint density at radius 2 is 1.79 bits per heavy atom. The van der Waals surface area contributed by atoms with Crippen molar-refractivity contribution >= 4 is 23.3 Å². The Balaban J connectivity index is 1.97. The molecule has 0 aliphatic rings. The maximum Gasteiger partial charge on any atom is 0.338 e. The number of nitrogens with zero attached hydrogens (tertiary/aromatic N) is 1. The van der Waals surface area contributed by atoms with Crippen molar-refractivity contribution in [3.05, 3.63) is 58.1 Å². The van der Waals surface area contributed by atoms with Gasteiger partial charge < -0.3 is 19.5 Å². The lowest BCUT2D eigenvalue weighted by Gasteiger charge is -2.11. The number of rotatable bonds is 8. The van der Waals surface area contributed by atoms with Gasteiger partial charge in [0.15, 0.2) is 18.1 Å². The molecule has 1 N–H and O–H groups in total. The van der Waals surface area contributed by atoms with Crippen molar-refractivity contribution in [3.8, 4) is 11.5 Å². The van der Waals surface area contributed by atoms with E-state index in [0.29, 0.717) is 11.3 Å². The summed E-state index contributed by atoms with van der Waals surface area (Å²) in [6.07, 6.45) is -0.227. The summed E-state index contributed by atoms with van der Waals surface area (Å²) >= 11 is 0. The maximum absolute atomic E-state index is 12.1. The lowest BCUT2D eigenvalue weighted by Crippen LogP contribution is -2.20. The Hall–Kier alpha value is -3.62. The monoisotopic (exact) mass is 388 g/mol. The van der Waals surface area contributed by atoms with Gasteiger partial charge in [-0.3, -0.25) is 14.9 Å². The first-order chi connectivity index (χ1) is 13.3. The number of amides is 1. The van der Waals surface area contributed by atoms with Crippen LogP contribution in [0.15, 0.2) is 42.5 Å². The second-order valence-electron chi connectivity index (χ2n) is 5.96. The van der Waals surface area contributed by atoms with Gasteiger partial charge in [-0.25, -0.2) is 4.79 Å². The summed E-state index contributed by atoms with van der Waals surface area (Å²) in [6, 6.07) is 10.0. The van der Waals surface area contributed by atoms with E-state index >= 15 is 0 Å². The lowest BCUT2D eigenvalue weighted by atomic mass is 10.2. The highest BCUT2D eigenvalue weighted by Gasteiger charge is 2.14. The zero-order valence-corrected chi connectivity index (χ0v) is 15.6. The van der Waals surface area contributed by atoms with E-state index in [0.717, 1.165) is 0 Å². The first kappa shape index (κ1) is 20.7. The van der Waals surface area contributed by atoms with Crippen molar-refractivity contribution in [1.82, 2.24) is 0 Å². The number of carbonyl (C=O) groups is 2. The standard InChI is InChI=1S/C19H20N2O7/c1-12(2)28-19(23)13-4-6-14(7-5-13)20-18(22)11-27-17-10-15(21(24)25)8-9-16(17)26-3/h4-10,12H,11H2,1-3H3,(H,20,22). The zero-order chi connectivity index (χ0) is 20.7. The third kappa shape index (κ3) is 5.70. The number of nitrogens with one attached hydrogen (secondary N) is 1. The smallest absolute Gasteiger partial charge is 0.338 e. The van der Waals surface area contributed by atoms with Crippen LogP contribution in [0.3, 0.4) is 0 Å². The SMILES string of the molecule is COc1ccc([N+](=O)[O-])cc1OCC(=O)Nc1ccc(C(=O)OC(C)C)cc1. The van der Waals surface area contributed by atoms with Crippen molar-refractivity contribution in [2.24, 2.45) is 0 Å². The fourth-order valence-electron chi connectivity index (χ4n) is 2.20. The fourth-order valence-corrected chi connectivity index (χ4v) is 2.20. The second kappa shape index (κ2) is 9.36. The molecule has 0 aromatic heterocycles. The molecule has 0 fully saturated rings. The predicted octanol–water partition coefficient (Wildman–Crippen LogP) is 3.19. The largest absolute Gasteiger partial charge is 0.493 e. The molecule has 9 nitrogen and oxygen atoms in total. The summed E-state index contributed by atoms with van der Waals surface area (Å²) in [7, 11) is 1.39. The van der Waals surface area contributed by atoms with E-state index in [1.54, 1.807) is 26.0 Å². The Labute approximate surface area is 161 Å². The van der Waals surface area contributed by atoms with Crippen molar-refractivity contribution in [3.63, 3.8) is 0 Å². The molecule has 0 unspecified atom stereocenters. The van der Waals surface area contributed by atoms with Crippen LogP contribution in [0.4, 0.5) is 11.4 Å². The van der Waals surface area contributed by atoms with Gasteiger partial charge in [0.05, 0.1) is 29.8 Å². The molecule has 2 aromatic carbocycles. The van der Waals surface area contributed by atoms with E-state index in [1.165, 1.54) is 37.4 Å². The van der Waals surface area contributed by atoms with Gasteiger partial charge in [0.25, 0.3) is 11.6 Å². The minimum absolute atomic E-state index is 0.0821. The number of hydrogen-bond acceptors (Lipinski definition) is 7. The Bertz CT molecular complexity index is 863. The van der Waals surface area contributed by atoms with Gasteiger partial charge in [-0.05, 0) is 44.2 Å². The molecule has 0 bridgehead atoms. The van der Waals surface area contributed by atoms with Crippen LogP contribution in [0.1, 0.15) is 24.2 Å². The van der Waals surface area contributed by atoms with Crippen molar-refractivity contribution in [2.75, 3.05) is 19.0 Å². The van der Waals surface area contributed by atoms with E-state index < -0.39 is 16.8 Å². The first-order valence-electron chi connectivity index (χ1n) is 8.36. The van der Waals surface area contributed by atoms with Crippen LogP contribution >= 0.6 is 0 Å². The molecule has 0 heterocycles. The number of nitro groups is 1. The highest BCUT2D eigenvalue weighted by Crippen LogP contribution is 2.31. The molecule has 0 atom stereocenters. The first-order valence-corrected chi connectivity index (χ1v) is 8.36. The normalized spacial score (nSPS) is 10.3. The second-order valence-corrected chi connectivity index (χ2v) is 5.96. The average molecular weight is 388 g/mol. The van der Waals surface area contributed by atoms with E-state index in [9.17, 15) is 19.7 Å². The molecule has 2 aromatic rings. The summed E-state index contributed by atoms with van der Waals surface area (Å²) in [5.41, 5.74) is 0.644. The highest BCUT2D eigenvalue weighted by molar-refractivity contribution is 5.93. The minimum Gasteiger partial charge on any atom is -0.493 e. The van der Waals surface area contributed by atoms with E-state index in [-0.39, 0.29) is 29.9 Å². The lowest BCUT2D eigenvalue weighted by molar-refractivity contribution is -0.385. The van der Waals surface area contributed by atoms with Crippen molar-refractivity contribution < 1.29 is 28.7 Å². The molecule has 9 heteroatoms. The third-order valence-corrected chi connectivity index (χ3v) is 3.46.